The Morgan fingerprint density at radius 2 is 2.25 bits per heavy atom. The molecule has 2 rings (SSSR count). The van der Waals surface area contributed by atoms with E-state index >= 15 is 0 Å². The molecule has 1 N–H and O–H groups in total. The van der Waals surface area contributed by atoms with Crippen molar-refractivity contribution in [3.05, 3.63) is 35.4 Å². The Hall–Kier alpha value is -1.00. The van der Waals surface area contributed by atoms with Crippen molar-refractivity contribution in [1.29, 1.82) is 0 Å². The van der Waals surface area contributed by atoms with Gasteiger partial charge in [-0.1, -0.05) is 6.92 Å². The number of hydrogen-bond acceptors (Lipinski definition) is 2. The first-order valence-electron chi connectivity index (χ1n) is 7.45. The van der Waals surface area contributed by atoms with E-state index in [0.717, 1.165) is 38.5 Å². The maximum absolute atomic E-state index is 13.8. The van der Waals surface area contributed by atoms with Crippen molar-refractivity contribution in [2.45, 2.75) is 38.6 Å². The topological polar surface area (TPSA) is 21.3 Å². The van der Waals surface area contributed by atoms with Crippen LogP contribution < -0.4 is 5.32 Å². The third kappa shape index (κ3) is 4.25. The number of nitrogens with one attached hydrogen (secondary N) is 1. The summed E-state index contributed by atoms with van der Waals surface area (Å²) in [5, 5.41) is 3.47. The highest BCUT2D eigenvalue weighted by atomic mass is 19.1. The van der Waals surface area contributed by atoms with E-state index in [1.807, 2.05) is 0 Å². The van der Waals surface area contributed by atoms with Crippen LogP contribution in [0.15, 0.2) is 18.2 Å². The monoisotopic (exact) mass is 283 g/mol. The maximum Gasteiger partial charge on any atom is 0.126 e. The van der Waals surface area contributed by atoms with Crippen LogP contribution in [0.5, 0.6) is 0 Å². The normalized spacial score (nSPS) is 20.9. The highest BCUT2D eigenvalue weighted by molar-refractivity contribution is 5.20. The maximum atomic E-state index is 13.8. The van der Waals surface area contributed by atoms with Gasteiger partial charge in [0.2, 0.25) is 0 Å². The van der Waals surface area contributed by atoms with E-state index in [1.54, 1.807) is 0 Å². The average molecular weight is 283 g/mol. The average Bonchev–Trinajstić information content (AvgIpc) is 2.48. The van der Waals surface area contributed by atoms with Crippen molar-refractivity contribution in [1.82, 2.24) is 5.32 Å². The summed E-state index contributed by atoms with van der Waals surface area (Å²) in [6.07, 6.45) is 3.66. The van der Waals surface area contributed by atoms with Gasteiger partial charge < -0.3 is 10.1 Å². The van der Waals surface area contributed by atoms with Gasteiger partial charge in [-0.25, -0.2) is 8.78 Å². The zero-order valence-corrected chi connectivity index (χ0v) is 12.0. The van der Waals surface area contributed by atoms with Gasteiger partial charge in [0.15, 0.2) is 0 Å². The Kier molecular flexibility index (Phi) is 5.92. The van der Waals surface area contributed by atoms with Crippen LogP contribution in [0.25, 0.3) is 0 Å². The molecule has 0 spiro atoms. The lowest BCUT2D eigenvalue weighted by atomic mass is 9.89. The van der Waals surface area contributed by atoms with Gasteiger partial charge >= 0.3 is 0 Å². The van der Waals surface area contributed by atoms with Crippen molar-refractivity contribution in [3.8, 4) is 0 Å². The number of rotatable bonds is 6. The predicted molar refractivity (Wildman–Crippen MR) is 75.7 cm³/mol. The molecule has 2 atom stereocenters. The van der Waals surface area contributed by atoms with Gasteiger partial charge in [-0.15, -0.1) is 0 Å². The molecular formula is C16H23F2NO. The summed E-state index contributed by atoms with van der Waals surface area (Å²) in [7, 11) is 0. The molecular weight excluding hydrogens is 260 g/mol. The second kappa shape index (κ2) is 7.70. The first-order chi connectivity index (χ1) is 9.70. The summed E-state index contributed by atoms with van der Waals surface area (Å²) in [6, 6.07) is 3.82. The Bertz CT molecular complexity index is 419. The van der Waals surface area contributed by atoms with Crippen molar-refractivity contribution in [2.75, 3.05) is 19.8 Å². The number of ether oxygens (including phenoxy) is 1. The molecule has 4 heteroatoms. The van der Waals surface area contributed by atoms with Gasteiger partial charge in [0, 0.05) is 12.6 Å². The molecule has 0 aliphatic carbocycles. The highest BCUT2D eigenvalue weighted by Crippen LogP contribution is 2.22. The molecule has 0 aromatic heterocycles. The van der Waals surface area contributed by atoms with Gasteiger partial charge in [-0.3, -0.25) is 0 Å². The lowest BCUT2D eigenvalue weighted by Crippen LogP contribution is -2.42. The molecule has 0 bridgehead atoms. The van der Waals surface area contributed by atoms with Crippen LogP contribution in [0.2, 0.25) is 0 Å². The Morgan fingerprint density at radius 3 is 2.95 bits per heavy atom. The molecule has 1 aromatic rings. The van der Waals surface area contributed by atoms with Crippen LogP contribution in [0.4, 0.5) is 8.78 Å². The zero-order chi connectivity index (χ0) is 14.4. The molecule has 1 aliphatic heterocycles. The van der Waals surface area contributed by atoms with E-state index in [1.165, 1.54) is 12.1 Å². The van der Waals surface area contributed by atoms with E-state index in [4.69, 9.17) is 4.74 Å². The Labute approximate surface area is 119 Å². The van der Waals surface area contributed by atoms with Gasteiger partial charge in [-0.05, 0) is 61.9 Å². The van der Waals surface area contributed by atoms with E-state index in [2.05, 4.69) is 12.2 Å². The largest absolute Gasteiger partial charge is 0.381 e. The summed E-state index contributed by atoms with van der Waals surface area (Å²) >= 11 is 0. The molecule has 1 fully saturated rings. The summed E-state index contributed by atoms with van der Waals surface area (Å²) in [6.45, 7) is 4.51. The first-order valence-corrected chi connectivity index (χ1v) is 7.45. The van der Waals surface area contributed by atoms with E-state index in [9.17, 15) is 8.78 Å². The van der Waals surface area contributed by atoms with Crippen LogP contribution in [-0.4, -0.2) is 25.8 Å². The smallest absolute Gasteiger partial charge is 0.126 e. The number of hydrogen-bond donors (Lipinski definition) is 1. The van der Waals surface area contributed by atoms with Crippen LogP contribution in [0, 0.1) is 17.6 Å². The standard InChI is InChI=1S/C16H23F2NO/c1-2-7-19-16(12-4-3-8-20-11-12)10-13-9-14(17)5-6-15(13)18/h5-6,9,12,16,19H,2-4,7-8,10-11H2,1H3. The first kappa shape index (κ1) is 15.4. The predicted octanol–water partition coefficient (Wildman–Crippen LogP) is 3.30. The van der Waals surface area contributed by atoms with Crippen LogP contribution in [-0.2, 0) is 11.2 Å². The van der Waals surface area contributed by atoms with Crippen molar-refractivity contribution in [3.63, 3.8) is 0 Å². The molecule has 0 radical (unpaired) electrons. The van der Waals surface area contributed by atoms with E-state index < -0.39 is 0 Å². The summed E-state index contributed by atoms with van der Waals surface area (Å²) in [5.41, 5.74) is 0.448. The number of halogens is 2. The highest BCUT2D eigenvalue weighted by Gasteiger charge is 2.25. The fourth-order valence-electron chi connectivity index (χ4n) is 2.75. The van der Waals surface area contributed by atoms with Gasteiger partial charge in [-0.2, -0.15) is 0 Å². The van der Waals surface area contributed by atoms with Crippen molar-refractivity contribution >= 4 is 0 Å². The molecule has 1 aliphatic rings. The molecule has 1 heterocycles. The molecule has 1 aromatic carbocycles. The summed E-state index contributed by atoms with van der Waals surface area (Å²) in [5.74, 6) is -0.333. The quantitative estimate of drug-likeness (QED) is 0.865. The molecule has 0 saturated carbocycles. The van der Waals surface area contributed by atoms with E-state index in [0.29, 0.717) is 24.5 Å². The minimum atomic E-state index is -0.379. The zero-order valence-electron chi connectivity index (χ0n) is 12.0. The molecule has 1 saturated heterocycles. The van der Waals surface area contributed by atoms with E-state index in [-0.39, 0.29) is 17.7 Å². The molecule has 0 amide bonds. The number of benzene rings is 1. The second-order valence-electron chi connectivity index (χ2n) is 5.48. The van der Waals surface area contributed by atoms with Gasteiger partial charge in [0.05, 0.1) is 6.61 Å². The summed E-state index contributed by atoms with van der Waals surface area (Å²) in [4.78, 5) is 0. The fourth-order valence-corrected chi connectivity index (χ4v) is 2.75. The van der Waals surface area contributed by atoms with Crippen molar-refractivity contribution < 1.29 is 13.5 Å². The minimum Gasteiger partial charge on any atom is -0.381 e. The van der Waals surface area contributed by atoms with Crippen LogP contribution in [0.3, 0.4) is 0 Å². The molecule has 2 nitrogen and oxygen atoms in total. The molecule has 2 unspecified atom stereocenters. The minimum absolute atomic E-state index is 0.145. The lowest BCUT2D eigenvalue weighted by Gasteiger charge is -2.31. The summed E-state index contributed by atoms with van der Waals surface area (Å²) < 4.78 is 32.6. The van der Waals surface area contributed by atoms with Gasteiger partial charge in [0.25, 0.3) is 0 Å². The Morgan fingerprint density at radius 1 is 1.40 bits per heavy atom. The third-order valence-electron chi connectivity index (χ3n) is 3.87. The Balaban J connectivity index is 2.07. The van der Waals surface area contributed by atoms with Crippen LogP contribution >= 0.6 is 0 Å². The second-order valence-corrected chi connectivity index (χ2v) is 5.48. The lowest BCUT2D eigenvalue weighted by molar-refractivity contribution is 0.0392. The SMILES string of the molecule is CCCNC(Cc1cc(F)ccc1F)C1CCCOC1. The third-order valence-corrected chi connectivity index (χ3v) is 3.87. The van der Waals surface area contributed by atoms with Crippen molar-refractivity contribution in [2.24, 2.45) is 5.92 Å². The molecule has 20 heavy (non-hydrogen) atoms. The fraction of sp³-hybridized carbons (Fsp3) is 0.625. The van der Waals surface area contributed by atoms with Gasteiger partial charge in [0.1, 0.15) is 11.6 Å². The molecule has 112 valence electrons. The van der Waals surface area contributed by atoms with Crippen LogP contribution in [0.1, 0.15) is 31.7 Å².